The van der Waals surface area contributed by atoms with Crippen LogP contribution in [0.3, 0.4) is 0 Å². The molecule has 1 aromatic heterocycles. The minimum Gasteiger partial charge on any atom is -0.208 e. The first-order valence-electron chi connectivity index (χ1n) is 18.9. The fraction of sp³-hybridized carbons (Fsp3) is 0.0192. The summed E-state index contributed by atoms with van der Waals surface area (Å²) in [6, 6.07) is 75.4. The Bertz CT molecular complexity index is 2720. The van der Waals surface area contributed by atoms with Crippen molar-refractivity contribution < 1.29 is 0 Å². The second kappa shape index (κ2) is 14.4. The second-order valence-electron chi connectivity index (χ2n) is 14.0. The Morgan fingerprint density at radius 1 is 0.321 bits per heavy atom. The molecule has 0 radical (unpaired) electrons. The summed E-state index contributed by atoms with van der Waals surface area (Å²) in [5, 5.41) is 0. The van der Waals surface area contributed by atoms with Crippen molar-refractivity contribution in [1.29, 1.82) is 0 Å². The number of hydrogen-bond acceptors (Lipinski definition) is 4. The molecular weight excluding hydrogens is 699 g/mol. The number of hydrogen-bond donors (Lipinski definition) is 0. The predicted molar refractivity (Wildman–Crippen MR) is 229 cm³/mol. The van der Waals surface area contributed by atoms with Crippen molar-refractivity contribution in [1.82, 2.24) is 15.0 Å². The minimum atomic E-state index is -0.483. The van der Waals surface area contributed by atoms with Gasteiger partial charge in [0.15, 0.2) is 17.5 Å². The summed E-state index contributed by atoms with van der Waals surface area (Å²) in [6.45, 7) is 0. The Morgan fingerprint density at radius 3 is 1.32 bits per heavy atom. The molecule has 2 heterocycles. The Balaban J connectivity index is 1.10. The first kappa shape index (κ1) is 33.7. The highest BCUT2D eigenvalue weighted by molar-refractivity contribution is 7.99. The molecule has 8 aromatic carbocycles. The van der Waals surface area contributed by atoms with Crippen LogP contribution < -0.4 is 0 Å². The van der Waals surface area contributed by atoms with E-state index in [0.29, 0.717) is 17.5 Å². The van der Waals surface area contributed by atoms with E-state index in [1.165, 1.54) is 43.2 Å². The van der Waals surface area contributed by atoms with E-state index < -0.39 is 5.41 Å². The van der Waals surface area contributed by atoms with Gasteiger partial charge in [0.05, 0.1) is 5.41 Å². The van der Waals surface area contributed by atoms with Gasteiger partial charge in [0.25, 0.3) is 0 Å². The highest BCUT2D eigenvalue weighted by Gasteiger charge is 2.44. The molecular formula is C52H35N3S. The van der Waals surface area contributed by atoms with Crippen LogP contribution in [0.4, 0.5) is 0 Å². The van der Waals surface area contributed by atoms with E-state index in [2.05, 4.69) is 152 Å². The summed E-state index contributed by atoms with van der Waals surface area (Å²) in [6.07, 6.45) is 0. The zero-order valence-electron chi connectivity index (χ0n) is 30.5. The number of rotatable bonds is 7. The van der Waals surface area contributed by atoms with Gasteiger partial charge < -0.3 is 0 Å². The molecule has 1 aliphatic rings. The SMILES string of the molecule is c1ccc(-c2nc(-c3ccccc3)nc(-c3cccc(-c4cccc(-c5cccc6c5Sc5ccccc5C6(c5ccccc5)c5ccccc5)c4)c3)n2)cc1. The van der Waals surface area contributed by atoms with Crippen molar-refractivity contribution >= 4 is 11.8 Å². The molecule has 0 amide bonds. The standard InChI is InChI=1S/C52H35N3S/c1-5-18-36(19-6-1)49-53-50(37-20-7-2-8-21-37)55-51(54-49)41-25-16-23-39(35-41)38-22-15-24-40(34-38)44-30-17-32-46-48(44)56-47-33-14-13-31-45(47)52(46,42-26-9-3-10-27-42)43-28-11-4-12-29-43/h1-35H. The summed E-state index contributed by atoms with van der Waals surface area (Å²) in [5.41, 5.74) is 12.1. The molecule has 0 saturated heterocycles. The number of fused-ring (bicyclic) bond motifs is 2. The van der Waals surface area contributed by atoms with Crippen LogP contribution in [0.5, 0.6) is 0 Å². The van der Waals surface area contributed by atoms with Gasteiger partial charge in [0, 0.05) is 26.5 Å². The average molecular weight is 734 g/mol. The van der Waals surface area contributed by atoms with Gasteiger partial charge in [0.1, 0.15) is 0 Å². The lowest BCUT2D eigenvalue weighted by Crippen LogP contribution is -2.34. The molecule has 3 nitrogen and oxygen atoms in total. The van der Waals surface area contributed by atoms with Crippen molar-refractivity contribution in [2.24, 2.45) is 0 Å². The number of nitrogens with zero attached hydrogens (tertiary/aromatic N) is 3. The van der Waals surface area contributed by atoms with E-state index in [4.69, 9.17) is 15.0 Å². The zero-order valence-corrected chi connectivity index (χ0v) is 31.3. The number of aromatic nitrogens is 3. The van der Waals surface area contributed by atoms with Crippen molar-refractivity contribution in [3.63, 3.8) is 0 Å². The monoisotopic (exact) mass is 733 g/mol. The Hall–Kier alpha value is -6.88. The molecule has 0 N–H and O–H groups in total. The van der Waals surface area contributed by atoms with Gasteiger partial charge in [-0.25, -0.2) is 15.0 Å². The molecule has 0 bridgehead atoms. The molecule has 0 unspecified atom stereocenters. The van der Waals surface area contributed by atoms with E-state index in [1.807, 2.05) is 72.4 Å². The van der Waals surface area contributed by atoms with Crippen LogP contribution in [-0.4, -0.2) is 15.0 Å². The number of benzene rings is 8. The maximum atomic E-state index is 5.00. The van der Waals surface area contributed by atoms with Crippen LogP contribution in [0.15, 0.2) is 222 Å². The van der Waals surface area contributed by atoms with Gasteiger partial charge in [0.2, 0.25) is 0 Å². The molecule has 0 fully saturated rings. The van der Waals surface area contributed by atoms with Crippen LogP contribution in [0.25, 0.3) is 56.4 Å². The van der Waals surface area contributed by atoms with E-state index >= 15 is 0 Å². The first-order valence-corrected chi connectivity index (χ1v) is 19.7. The van der Waals surface area contributed by atoms with Crippen LogP contribution in [0.2, 0.25) is 0 Å². The Morgan fingerprint density at radius 2 is 0.732 bits per heavy atom. The van der Waals surface area contributed by atoms with Crippen molar-refractivity contribution in [3.05, 3.63) is 235 Å². The highest BCUT2D eigenvalue weighted by atomic mass is 32.2. The van der Waals surface area contributed by atoms with Crippen LogP contribution in [0, 0.1) is 0 Å². The maximum absolute atomic E-state index is 5.00. The molecule has 9 aromatic rings. The average Bonchev–Trinajstić information content (AvgIpc) is 3.29. The lowest BCUT2D eigenvalue weighted by molar-refractivity contribution is 0.703. The van der Waals surface area contributed by atoms with Gasteiger partial charge in [-0.3, -0.25) is 0 Å². The van der Waals surface area contributed by atoms with E-state index in [-0.39, 0.29) is 0 Å². The molecule has 0 atom stereocenters. The smallest absolute Gasteiger partial charge is 0.164 e. The predicted octanol–water partition coefficient (Wildman–Crippen LogP) is 13.1. The lowest BCUT2D eigenvalue weighted by Gasteiger charge is -2.42. The van der Waals surface area contributed by atoms with Crippen molar-refractivity contribution in [2.45, 2.75) is 15.2 Å². The Kier molecular flexibility index (Phi) is 8.66. The van der Waals surface area contributed by atoms with Crippen LogP contribution >= 0.6 is 11.8 Å². The molecule has 0 aliphatic carbocycles. The normalized spacial score (nSPS) is 12.7. The van der Waals surface area contributed by atoms with E-state index in [9.17, 15) is 0 Å². The summed E-state index contributed by atoms with van der Waals surface area (Å²) in [7, 11) is 0. The van der Waals surface area contributed by atoms with Gasteiger partial charge >= 0.3 is 0 Å². The van der Waals surface area contributed by atoms with E-state index in [1.54, 1.807) is 0 Å². The molecule has 0 saturated carbocycles. The van der Waals surface area contributed by atoms with Gasteiger partial charge in [-0.15, -0.1) is 0 Å². The first-order chi connectivity index (χ1) is 27.8. The molecule has 264 valence electrons. The Labute approximate surface area is 331 Å². The molecule has 56 heavy (non-hydrogen) atoms. The lowest BCUT2D eigenvalue weighted by atomic mass is 9.64. The van der Waals surface area contributed by atoms with Crippen molar-refractivity contribution in [2.75, 3.05) is 0 Å². The third kappa shape index (κ3) is 5.92. The molecule has 1 aliphatic heterocycles. The fourth-order valence-electron chi connectivity index (χ4n) is 8.10. The molecule has 10 rings (SSSR count). The van der Waals surface area contributed by atoms with E-state index in [0.717, 1.165) is 27.8 Å². The third-order valence-corrected chi connectivity index (χ3v) is 11.9. The summed E-state index contributed by atoms with van der Waals surface area (Å²) in [4.78, 5) is 17.5. The maximum Gasteiger partial charge on any atom is 0.164 e. The van der Waals surface area contributed by atoms with Crippen LogP contribution in [-0.2, 0) is 5.41 Å². The summed E-state index contributed by atoms with van der Waals surface area (Å²) >= 11 is 1.87. The zero-order chi connectivity index (χ0) is 37.3. The fourth-order valence-corrected chi connectivity index (χ4v) is 9.42. The topological polar surface area (TPSA) is 38.7 Å². The highest BCUT2D eigenvalue weighted by Crippen LogP contribution is 2.57. The van der Waals surface area contributed by atoms with Gasteiger partial charge in [-0.05, 0) is 62.7 Å². The molecule has 0 spiro atoms. The van der Waals surface area contributed by atoms with Crippen molar-refractivity contribution in [3.8, 4) is 56.4 Å². The largest absolute Gasteiger partial charge is 0.208 e. The quantitative estimate of drug-likeness (QED) is 0.163. The van der Waals surface area contributed by atoms with Crippen LogP contribution in [0.1, 0.15) is 22.3 Å². The second-order valence-corrected chi connectivity index (χ2v) is 15.0. The summed E-state index contributed by atoms with van der Waals surface area (Å²) in [5.74, 6) is 1.94. The summed E-state index contributed by atoms with van der Waals surface area (Å²) < 4.78 is 0. The van der Waals surface area contributed by atoms with Gasteiger partial charge in [-0.1, -0.05) is 206 Å². The molecule has 4 heteroatoms. The van der Waals surface area contributed by atoms with Gasteiger partial charge in [-0.2, -0.15) is 0 Å². The third-order valence-electron chi connectivity index (χ3n) is 10.7. The minimum absolute atomic E-state index is 0.483.